The molecule has 0 aliphatic rings. The van der Waals surface area contributed by atoms with Gasteiger partial charge < -0.3 is 0 Å². The molecular formula is C16H11IO2. The van der Waals surface area contributed by atoms with Gasteiger partial charge in [-0.2, -0.15) is 0 Å². The molecular weight excluding hydrogens is 351 g/mol. The van der Waals surface area contributed by atoms with Crippen LogP contribution in [0.3, 0.4) is 0 Å². The Hall–Kier alpha value is -1.75. The van der Waals surface area contributed by atoms with Crippen molar-refractivity contribution in [3.8, 4) is 0 Å². The molecule has 3 heteroatoms. The van der Waals surface area contributed by atoms with Crippen LogP contribution < -0.4 is 0 Å². The first-order valence-corrected chi connectivity index (χ1v) is 6.76. The van der Waals surface area contributed by atoms with Crippen LogP contribution in [-0.4, -0.2) is 11.6 Å². The van der Waals surface area contributed by atoms with Crippen LogP contribution in [-0.2, 0) is 0 Å². The molecule has 0 N–H and O–H groups in total. The summed E-state index contributed by atoms with van der Waals surface area (Å²) in [7, 11) is 0. The molecule has 0 heterocycles. The second kappa shape index (κ2) is 5.93. The first kappa shape index (κ1) is 13.7. The Morgan fingerprint density at radius 3 is 1.79 bits per heavy atom. The van der Waals surface area contributed by atoms with Crippen molar-refractivity contribution >= 4 is 34.2 Å². The minimum Gasteiger partial charge on any atom is -0.288 e. The van der Waals surface area contributed by atoms with Crippen LogP contribution >= 0.6 is 22.6 Å². The molecule has 2 nitrogen and oxygen atoms in total. The molecule has 2 aromatic carbocycles. The monoisotopic (exact) mass is 362 g/mol. The van der Waals surface area contributed by atoms with E-state index in [1.54, 1.807) is 36.4 Å². The maximum Gasteiger partial charge on any atom is 0.196 e. The summed E-state index contributed by atoms with van der Waals surface area (Å²) in [6, 6.07) is 15.7. The molecule has 0 aromatic heterocycles. The van der Waals surface area contributed by atoms with Crippen LogP contribution in [0.2, 0.25) is 0 Å². The van der Waals surface area contributed by atoms with Crippen LogP contribution in [0, 0.1) is 3.57 Å². The first-order chi connectivity index (χ1) is 9.09. The van der Waals surface area contributed by atoms with Crippen LogP contribution in [0.25, 0.3) is 0 Å². The minimum atomic E-state index is -0.329. The van der Waals surface area contributed by atoms with Gasteiger partial charge in [0.25, 0.3) is 0 Å². The zero-order valence-corrected chi connectivity index (χ0v) is 12.3. The van der Waals surface area contributed by atoms with Crippen LogP contribution in [0.1, 0.15) is 20.7 Å². The Bertz CT molecular complexity index is 628. The van der Waals surface area contributed by atoms with E-state index in [1.165, 1.54) is 0 Å². The Morgan fingerprint density at radius 2 is 1.26 bits per heavy atom. The summed E-state index contributed by atoms with van der Waals surface area (Å²) in [6.45, 7) is 3.63. The molecule has 94 valence electrons. The Balaban J connectivity index is 2.23. The van der Waals surface area contributed by atoms with Crippen molar-refractivity contribution in [2.75, 3.05) is 0 Å². The SMILES string of the molecule is C=C(C(=O)c1ccccc1)C(=O)c1ccc(I)cc1. The summed E-state index contributed by atoms with van der Waals surface area (Å²) in [5.74, 6) is -0.658. The third-order valence-electron chi connectivity index (χ3n) is 2.69. The smallest absolute Gasteiger partial charge is 0.196 e. The molecule has 2 rings (SSSR count). The second-order valence-electron chi connectivity index (χ2n) is 4.01. The van der Waals surface area contributed by atoms with Crippen molar-refractivity contribution < 1.29 is 9.59 Å². The highest BCUT2D eigenvalue weighted by atomic mass is 127. The third-order valence-corrected chi connectivity index (χ3v) is 3.41. The number of hydrogen-bond acceptors (Lipinski definition) is 2. The lowest BCUT2D eigenvalue weighted by molar-refractivity contribution is 0.0963. The molecule has 0 saturated carbocycles. The molecule has 0 atom stereocenters. The third kappa shape index (κ3) is 3.17. The number of rotatable bonds is 4. The van der Waals surface area contributed by atoms with E-state index in [2.05, 4.69) is 29.2 Å². The van der Waals surface area contributed by atoms with E-state index in [9.17, 15) is 9.59 Å². The highest BCUT2D eigenvalue weighted by Crippen LogP contribution is 2.14. The molecule has 0 unspecified atom stereocenters. The fraction of sp³-hybridized carbons (Fsp3) is 0. The molecule has 19 heavy (non-hydrogen) atoms. The molecule has 0 bridgehead atoms. The van der Waals surface area contributed by atoms with Crippen molar-refractivity contribution in [1.29, 1.82) is 0 Å². The van der Waals surface area contributed by atoms with E-state index in [4.69, 9.17) is 0 Å². The molecule has 0 aliphatic carbocycles. The summed E-state index contributed by atoms with van der Waals surface area (Å²) in [4.78, 5) is 24.3. The van der Waals surface area contributed by atoms with Gasteiger partial charge in [-0.05, 0) is 46.9 Å². The normalized spacial score (nSPS) is 9.95. The average Bonchev–Trinajstić information content (AvgIpc) is 2.46. The molecule has 0 aliphatic heterocycles. The van der Waals surface area contributed by atoms with Crippen LogP contribution in [0.5, 0.6) is 0 Å². The molecule has 0 radical (unpaired) electrons. The summed E-state index contributed by atoms with van der Waals surface area (Å²) in [5.41, 5.74) is 0.952. The van der Waals surface area contributed by atoms with Crippen molar-refractivity contribution in [2.24, 2.45) is 0 Å². The number of carbonyl (C=O) groups excluding carboxylic acids is 2. The predicted octanol–water partition coefficient (Wildman–Crippen LogP) is 3.91. The number of allylic oxidation sites excluding steroid dienone is 1. The number of ketones is 2. The number of hydrogen-bond donors (Lipinski definition) is 0. The summed E-state index contributed by atoms with van der Waals surface area (Å²) < 4.78 is 1.04. The standard InChI is InChI=1S/C16H11IO2/c1-11(15(18)12-5-3-2-4-6-12)16(19)13-7-9-14(17)10-8-13/h2-10H,1H2. The molecule has 0 spiro atoms. The minimum absolute atomic E-state index is 0.00703. The van der Waals surface area contributed by atoms with Gasteiger partial charge in [-0.25, -0.2) is 0 Å². The van der Waals surface area contributed by atoms with E-state index in [1.807, 2.05) is 18.2 Å². The summed E-state index contributed by atoms with van der Waals surface area (Å²) in [5, 5.41) is 0. The fourth-order valence-electron chi connectivity index (χ4n) is 1.64. The first-order valence-electron chi connectivity index (χ1n) is 5.68. The Labute approximate surface area is 125 Å². The van der Waals surface area contributed by atoms with Gasteiger partial charge in [0.15, 0.2) is 11.6 Å². The van der Waals surface area contributed by atoms with Gasteiger partial charge in [0.1, 0.15) is 0 Å². The average molecular weight is 362 g/mol. The van der Waals surface area contributed by atoms with Crippen LogP contribution in [0.4, 0.5) is 0 Å². The van der Waals surface area contributed by atoms with Crippen molar-refractivity contribution in [3.05, 3.63) is 81.4 Å². The topological polar surface area (TPSA) is 34.1 Å². The van der Waals surface area contributed by atoms with E-state index >= 15 is 0 Å². The van der Waals surface area contributed by atoms with Crippen molar-refractivity contribution in [1.82, 2.24) is 0 Å². The van der Waals surface area contributed by atoms with E-state index in [-0.39, 0.29) is 17.1 Å². The highest BCUT2D eigenvalue weighted by molar-refractivity contribution is 14.1. The maximum absolute atomic E-state index is 12.1. The fourth-order valence-corrected chi connectivity index (χ4v) is 2.00. The summed E-state index contributed by atoms with van der Waals surface area (Å²) >= 11 is 2.16. The summed E-state index contributed by atoms with van der Waals surface area (Å²) in [6.07, 6.45) is 0. The van der Waals surface area contributed by atoms with Crippen molar-refractivity contribution in [3.63, 3.8) is 0 Å². The zero-order valence-electron chi connectivity index (χ0n) is 10.1. The lowest BCUT2D eigenvalue weighted by Crippen LogP contribution is -2.12. The van der Waals surface area contributed by atoms with Gasteiger partial charge in [0.05, 0.1) is 5.57 Å². The molecule has 2 aromatic rings. The van der Waals surface area contributed by atoms with E-state index in [0.29, 0.717) is 11.1 Å². The van der Waals surface area contributed by atoms with Gasteiger partial charge in [-0.15, -0.1) is 0 Å². The second-order valence-corrected chi connectivity index (χ2v) is 5.26. The molecule has 0 amide bonds. The lowest BCUT2D eigenvalue weighted by Gasteiger charge is -2.04. The van der Waals surface area contributed by atoms with Gasteiger partial charge in [-0.3, -0.25) is 9.59 Å². The van der Waals surface area contributed by atoms with Gasteiger partial charge in [0, 0.05) is 14.7 Å². The number of carbonyl (C=O) groups is 2. The van der Waals surface area contributed by atoms with Gasteiger partial charge >= 0.3 is 0 Å². The van der Waals surface area contributed by atoms with E-state index in [0.717, 1.165) is 3.57 Å². The lowest BCUT2D eigenvalue weighted by atomic mass is 9.97. The largest absolute Gasteiger partial charge is 0.288 e. The number of Topliss-reactive ketones (excluding diaryl/α,β-unsaturated/α-hetero) is 2. The molecule has 0 fully saturated rings. The Kier molecular flexibility index (Phi) is 4.27. The van der Waals surface area contributed by atoms with Crippen LogP contribution in [0.15, 0.2) is 66.7 Å². The zero-order chi connectivity index (χ0) is 13.8. The maximum atomic E-state index is 12.1. The Morgan fingerprint density at radius 1 is 0.789 bits per heavy atom. The quantitative estimate of drug-likeness (QED) is 0.272. The van der Waals surface area contributed by atoms with Crippen molar-refractivity contribution in [2.45, 2.75) is 0 Å². The highest BCUT2D eigenvalue weighted by Gasteiger charge is 2.18. The number of halogens is 1. The van der Waals surface area contributed by atoms with Gasteiger partial charge in [0.2, 0.25) is 0 Å². The molecule has 0 saturated heterocycles. The number of benzene rings is 2. The predicted molar refractivity (Wildman–Crippen MR) is 83.4 cm³/mol. The van der Waals surface area contributed by atoms with E-state index < -0.39 is 0 Å². The van der Waals surface area contributed by atoms with Gasteiger partial charge in [-0.1, -0.05) is 36.9 Å².